The summed E-state index contributed by atoms with van der Waals surface area (Å²) < 4.78 is 22.4. The Balaban J connectivity index is 1.61. The van der Waals surface area contributed by atoms with Crippen molar-refractivity contribution in [2.24, 2.45) is 5.14 Å². The lowest BCUT2D eigenvalue weighted by Gasteiger charge is -2.29. The highest BCUT2D eigenvalue weighted by Gasteiger charge is 2.42. The van der Waals surface area contributed by atoms with Crippen LogP contribution in [0.1, 0.15) is 36.8 Å². The van der Waals surface area contributed by atoms with E-state index in [-0.39, 0.29) is 17.7 Å². The van der Waals surface area contributed by atoms with Crippen LogP contribution in [-0.2, 0) is 27.1 Å². The van der Waals surface area contributed by atoms with Crippen LogP contribution in [0.25, 0.3) is 0 Å². The van der Waals surface area contributed by atoms with Crippen LogP contribution in [0.2, 0.25) is 0 Å². The van der Waals surface area contributed by atoms with E-state index in [0.29, 0.717) is 30.6 Å². The zero-order valence-electron chi connectivity index (χ0n) is 16.6. The summed E-state index contributed by atoms with van der Waals surface area (Å²) >= 11 is 0. The van der Waals surface area contributed by atoms with Crippen LogP contribution in [0.3, 0.4) is 0 Å². The number of carbonyl (C=O) groups excluding carboxylic acids is 2. The van der Waals surface area contributed by atoms with E-state index < -0.39 is 15.6 Å². The third-order valence-electron chi connectivity index (χ3n) is 5.12. The van der Waals surface area contributed by atoms with Gasteiger partial charge in [0.25, 0.3) is 0 Å². The molecule has 0 saturated heterocycles. The molecule has 0 radical (unpaired) electrons. The number of nitrogens with two attached hydrogens (primary N) is 1. The molecule has 3 rings (SSSR count). The Bertz CT molecular complexity index is 985. The van der Waals surface area contributed by atoms with E-state index in [1.54, 1.807) is 24.3 Å². The summed E-state index contributed by atoms with van der Waals surface area (Å²) in [5.41, 5.74) is 1.05. The average Bonchev–Trinajstić information content (AvgIpc) is 3.17. The molecular weight excluding hydrogens is 404 g/mol. The van der Waals surface area contributed by atoms with Crippen LogP contribution < -0.4 is 21.1 Å². The molecule has 0 aliphatic heterocycles. The van der Waals surface area contributed by atoms with Crippen molar-refractivity contribution in [3.8, 4) is 0 Å². The van der Waals surface area contributed by atoms with E-state index in [4.69, 9.17) is 5.14 Å². The molecule has 30 heavy (non-hydrogen) atoms. The van der Waals surface area contributed by atoms with Crippen molar-refractivity contribution < 1.29 is 18.0 Å². The van der Waals surface area contributed by atoms with Gasteiger partial charge in [-0.15, -0.1) is 0 Å². The van der Waals surface area contributed by atoms with Crippen molar-refractivity contribution in [3.63, 3.8) is 0 Å². The lowest BCUT2D eigenvalue weighted by Crippen LogP contribution is -2.57. The van der Waals surface area contributed by atoms with Crippen molar-refractivity contribution in [2.45, 2.75) is 43.5 Å². The van der Waals surface area contributed by atoms with Crippen molar-refractivity contribution in [1.82, 2.24) is 10.6 Å². The number of rotatable bonds is 7. The number of primary sulfonamides is 1. The molecule has 1 fully saturated rings. The van der Waals surface area contributed by atoms with Gasteiger partial charge in [0, 0.05) is 12.2 Å². The second-order valence-corrected chi connectivity index (χ2v) is 9.16. The predicted molar refractivity (Wildman–Crippen MR) is 115 cm³/mol. The number of urea groups is 1. The number of hydrogen-bond acceptors (Lipinski definition) is 4. The van der Waals surface area contributed by atoms with Gasteiger partial charge in [-0.25, -0.2) is 18.4 Å². The monoisotopic (exact) mass is 430 g/mol. The van der Waals surface area contributed by atoms with Gasteiger partial charge in [0.05, 0.1) is 5.75 Å². The number of sulfonamides is 1. The third-order valence-corrected chi connectivity index (χ3v) is 5.86. The molecule has 160 valence electrons. The quantitative estimate of drug-likeness (QED) is 0.536. The third kappa shape index (κ3) is 6.04. The van der Waals surface area contributed by atoms with E-state index in [9.17, 15) is 18.0 Å². The minimum atomic E-state index is -3.62. The first-order valence-corrected chi connectivity index (χ1v) is 11.5. The van der Waals surface area contributed by atoms with Crippen LogP contribution >= 0.6 is 0 Å². The summed E-state index contributed by atoms with van der Waals surface area (Å²) in [6.07, 6.45) is 2.81. The lowest BCUT2D eigenvalue weighted by molar-refractivity contribution is -0.121. The molecule has 0 spiro atoms. The largest absolute Gasteiger partial charge is 0.334 e. The average molecular weight is 431 g/mol. The first kappa shape index (κ1) is 21.8. The number of anilines is 1. The fourth-order valence-corrected chi connectivity index (χ4v) is 4.25. The van der Waals surface area contributed by atoms with Gasteiger partial charge in [0.1, 0.15) is 5.54 Å². The molecule has 0 atom stereocenters. The number of hydrogen-bond donors (Lipinski definition) is 4. The van der Waals surface area contributed by atoms with E-state index in [1.165, 1.54) is 0 Å². The normalized spacial score (nSPS) is 15.4. The lowest BCUT2D eigenvalue weighted by atomic mass is 9.96. The summed E-state index contributed by atoms with van der Waals surface area (Å²) in [5.74, 6) is -0.553. The summed E-state index contributed by atoms with van der Waals surface area (Å²) in [6, 6.07) is 15.6. The van der Waals surface area contributed by atoms with Crippen molar-refractivity contribution in [2.75, 3.05) is 5.32 Å². The fourth-order valence-electron chi connectivity index (χ4n) is 3.59. The summed E-state index contributed by atoms with van der Waals surface area (Å²) in [6.45, 7) is 0.371. The maximum atomic E-state index is 13.0. The number of amides is 3. The second-order valence-electron chi connectivity index (χ2n) is 7.54. The van der Waals surface area contributed by atoms with Gasteiger partial charge in [-0.1, -0.05) is 55.3 Å². The number of benzene rings is 2. The zero-order chi connectivity index (χ0) is 21.6. The van der Waals surface area contributed by atoms with Crippen molar-refractivity contribution in [3.05, 3.63) is 65.7 Å². The molecule has 1 aliphatic carbocycles. The van der Waals surface area contributed by atoms with Gasteiger partial charge in [-0.05, 0) is 36.1 Å². The van der Waals surface area contributed by atoms with Crippen molar-refractivity contribution in [1.29, 1.82) is 0 Å². The van der Waals surface area contributed by atoms with E-state index >= 15 is 0 Å². The Morgan fingerprint density at radius 3 is 2.17 bits per heavy atom. The molecule has 5 N–H and O–H groups in total. The number of carbonyl (C=O) groups is 2. The highest BCUT2D eigenvalue weighted by atomic mass is 32.2. The Morgan fingerprint density at radius 1 is 0.933 bits per heavy atom. The van der Waals surface area contributed by atoms with Crippen LogP contribution in [0.15, 0.2) is 54.6 Å². The maximum absolute atomic E-state index is 13.0. The van der Waals surface area contributed by atoms with Crippen LogP contribution in [0, 0.1) is 0 Å². The topological polar surface area (TPSA) is 130 Å². The molecule has 0 heterocycles. The minimum Gasteiger partial charge on any atom is -0.334 e. The van der Waals surface area contributed by atoms with E-state index in [2.05, 4.69) is 16.0 Å². The molecule has 0 aromatic heterocycles. The molecule has 9 heteroatoms. The van der Waals surface area contributed by atoms with Crippen molar-refractivity contribution >= 4 is 27.6 Å². The Morgan fingerprint density at radius 2 is 1.57 bits per heavy atom. The van der Waals surface area contributed by atoms with Crippen LogP contribution in [0.5, 0.6) is 0 Å². The van der Waals surface area contributed by atoms with Gasteiger partial charge >= 0.3 is 6.03 Å². The molecular formula is C21H26N4O4S. The van der Waals surface area contributed by atoms with Gasteiger partial charge < -0.3 is 16.0 Å². The molecule has 3 amide bonds. The summed E-state index contributed by atoms with van der Waals surface area (Å²) in [5, 5.41) is 13.5. The first-order chi connectivity index (χ1) is 14.3. The smallest absolute Gasteiger partial charge is 0.315 e. The molecule has 1 saturated carbocycles. The van der Waals surface area contributed by atoms with Crippen LogP contribution in [-0.4, -0.2) is 25.9 Å². The molecule has 2 aromatic rings. The Kier molecular flexibility index (Phi) is 6.73. The fraction of sp³-hybridized carbons (Fsp3) is 0.333. The molecule has 8 nitrogen and oxygen atoms in total. The molecule has 1 aliphatic rings. The molecule has 0 unspecified atom stereocenters. The second kappa shape index (κ2) is 9.27. The first-order valence-electron chi connectivity index (χ1n) is 9.77. The Hall–Kier alpha value is -2.91. The van der Waals surface area contributed by atoms with Crippen LogP contribution in [0.4, 0.5) is 10.5 Å². The zero-order valence-corrected chi connectivity index (χ0v) is 17.4. The minimum absolute atomic E-state index is 0.270. The van der Waals surface area contributed by atoms with E-state index in [0.717, 1.165) is 18.4 Å². The van der Waals surface area contributed by atoms with Gasteiger partial charge in [-0.2, -0.15) is 0 Å². The number of nitrogens with one attached hydrogen (secondary N) is 3. The highest BCUT2D eigenvalue weighted by Crippen LogP contribution is 2.31. The SMILES string of the molecule is NS(=O)(=O)Cc1ccc(NC(=O)C2(NC(=O)NCc3ccccc3)CCCC2)cc1. The van der Waals surface area contributed by atoms with E-state index in [1.807, 2.05) is 30.3 Å². The molecule has 0 bridgehead atoms. The molecule has 2 aromatic carbocycles. The summed E-state index contributed by atoms with van der Waals surface area (Å²) in [4.78, 5) is 25.4. The predicted octanol–water partition coefficient (Wildman–Crippen LogP) is 2.23. The standard InChI is InChI=1S/C21H26N4O4S/c22-30(28,29)15-17-8-10-18(11-9-17)24-19(26)21(12-4-5-13-21)25-20(27)23-14-16-6-2-1-3-7-16/h1-3,6-11H,4-5,12-15H2,(H,24,26)(H2,22,28,29)(H2,23,25,27). The van der Waals surface area contributed by atoms with Gasteiger partial charge in [0.15, 0.2) is 0 Å². The Labute approximate surface area is 176 Å². The highest BCUT2D eigenvalue weighted by molar-refractivity contribution is 7.88. The maximum Gasteiger partial charge on any atom is 0.315 e. The van der Waals surface area contributed by atoms with Gasteiger partial charge in [-0.3, -0.25) is 4.79 Å². The van der Waals surface area contributed by atoms with Gasteiger partial charge in [0.2, 0.25) is 15.9 Å². The summed E-state index contributed by atoms with van der Waals surface area (Å²) in [7, 11) is -3.62.